The number of hydrogen-bond acceptors (Lipinski definition) is 1. The normalized spacial score (nSPS) is 26.5. The molecule has 2 unspecified atom stereocenters. The van der Waals surface area contributed by atoms with Gasteiger partial charge in [0.05, 0.1) is 6.10 Å². The lowest BCUT2D eigenvalue weighted by atomic mass is 9.91. The van der Waals surface area contributed by atoms with E-state index in [2.05, 4.69) is 29.8 Å². The first-order chi connectivity index (χ1) is 5.74. The molecule has 1 nitrogen and oxygen atoms in total. The summed E-state index contributed by atoms with van der Waals surface area (Å²) in [4.78, 5) is 0. The average molecular weight is 235 g/mol. The summed E-state index contributed by atoms with van der Waals surface area (Å²) >= 11 is 3.57. The maximum atomic E-state index is 5.61. The van der Waals surface area contributed by atoms with Crippen molar-refractivity contribution in [1.82, 2.24) is 0 Å². The van der Waals surface area contributed by atoms with E-state index >= 15 is 0 Å². The summed E-state index contributed by atoms with van der Waals surface area (Å²) in [6.07, 6.45) is 4.33. The van der Waals surface area contributed by atoms with Gasteiger partial charge < -0.3 is 4.74 Å². The van der Waals surface area contributed by atoms with Crippen molar-refractivity contribution in [1.29, 1.82) is 0 Å². The van der Waals surface area contributed by atoms with Crippen LogP contribution in [0.5, 0.6) is 0 Å². The lowest BCUT2D eigenvalue weighted by Crippen LogP contribution is -2.18. The standard InChI is InChI=1S/C10H19BrO/c1-8(2)9(7-11)6-10-4-3-5-12-10/h8-10H,3-7H2,1-2H3. The second-order valence-corrected chi connectivity index (χ2v) is 4.68. The third kappa shape index (κ3) is 3.06. The zero-order chi connectivity index (χ0) is 8.97. The molecule has 0 N–H and O–H groups in total. The highest BCUT2D eigenvalue weighted by molar-refractivity contribution is 9.09. The van der Waals surface area contributed by atoms with Gasteiger partial charge in [0.15, 0.2) is 0 Å². The van der Waals surface area contributed by atoms with Crippen molar-refractivity contribution in [3.8, 4) is 0 Å². The smallest absolute Gasteiger partial charge is 0.0579 e. The Morgan fingerprint density at radius 3 is 2.67 bits per heavy atom. The summed E-state index contributed by atoms with van der Waals surface area (Å²) in [6, 6.07) is 0. The van der Waals surface area contributed by atoms with Gasteiger partial charge in [-0.3, -0.25) is 0 Å². The molecule has 0 aliphatic carbocycles. The zero-order valence-corrected chi connectivity index (χ0v) is 9.64. The number of halogens is 1. The molecule has 1 aliphatic heterocycles. The van der Waals surface area contributed by atoms with Crippen LogP contribution in [-0.2, 0) is 4.74 Å². The first kappa shape index (κ1) is 10.5. The Morgan fingerprint density at radius 1 is 1.50 bits per heavy atom. The maximum Gasteiger partial charge on any atom is 0.0579 e. The van der Waals surface area contributed by atoms with Crippen LogP contribution in [0, 0.1) is 11.8 Å². The molecule has 1 heterocycles. The van der Waals surface area contributed by atoms with E-state index in [0.29, 0.717) is 6.10 Å². The first-order valence-corrected chi connectivity index (χ1v) is 6.03. The molecule has 0 aromatic heterocycles. The molecule has 12 heavy (non-hydrogen) atoms. The van der Waals surface area contributed by atoms with Gasteiger partial charge in [-0.15, -0.1) is 0 Å². The predicted octanol–water partition coefficient (Wildman–Crippen LogP) is 3.22. The number of hydrogen-bond donors (Lipinski definition) is 0. The Morgan fingerprint density at radius 2 is 2.25 bits per heavy atom. The Labute approximate surface area is 84.0 Å². The number of alkyl halides is 1. The van der Waals surface area contributed by atoms with Gasteiger partial charge >= 0.3 is 0 Å². The molecule has 0 radical (unpaired) electrons. The van der Waals surface area contributed by atoms with Gasteiger partial charge in [-0.1, -0.05) is 29.8 Å². The van der Waals surface area contributed by atoms with Crippen LogP contribution in [0.4, 0.5) is 0 Å². The molecule has 0 saturated carbocycles. The highest BCUT2D eigenvalue weighted by Crippen LogP contribution is 2.25. The number of rotatable bonds is 4. The van der Waals surface area contributed by atoms with E-state index in [1.54, 1.807) is 0 Å². The SMILES string of the molecule is CC(C)C(CBr)CC1CCCO1. The van der Waals surface area contributed by atoms with Gasteiger partial charge in [0.25, 0.3) is 0 Å². The minimum atomic E-state index is 0.551. The second-order valence-electron chi connectivity index (χ2n) is 4.03. The van der Waals surface area contributed by atoms with Crippen LogP contribution in [0.3, 0.4) is 0 Å². The fourth-order valence-electron chi connectivity index (χ4n) is 1.68. The van der Waals surface area contributed by atoms with Crippen molar-refractivity contribution in [3.05, 3.63) is 0 Å². The Hall–Kier alpha value is 0.440. The first-order valence-electron chi connectivity index (χ1n) is 4.91. The molecule has 1 saturated heterocycles. The van der Waals surface area contributed by atoms with E-state index in [1.807, 2.05) is 0 Å². The molecule has 2 atom stereocenters. The molecule has 1 rings (SSSR count). The molecule has 72 valence electrons. The molecular formula is C10H19BrO. The topological polar surface area (TPSA) is 9.23 Å². The van der Waals surface area contributed by atoms with Crippen molar-refractivity contribution < 1.29 is 4.74 Å². The Kier molecular flexibility index (Phi) is 4.59. The fraction of sp³-hybridized carbons (Fsp3) is 1.00. The van der Waals surface area contributed by atoms with Crippen molar-refractivity contribution in [2.24, 2.45) is 11.8 Å². The molecule has 2 heteroatoms. The fourth-order valence-corrected chi connectivity index (χ4v) is 2.69. The van der Waals surface area contributed by atoms with Crippen LogP contribution in [0.2, 0.25) is 0 Å². The quantitative estimate of drug-likeness (QED) is 0.680. The van der Waals surface area contributed by atoms with E-state index in [-0.39, 0.29) is 0 Å². The van der Waals surface area contributed by atoms with Gasteiger partial charge in [-0.05, 0) is 31.1 Å². The third-order valence-electron chi connectivity index (χ3n) is 2.73. The molecule has 0 amide bonds. The van der Waals surface area contributed by atoms with Gasteiger partial charge in [-0.2, -0.15) is 0 Å². The predicted molar refractivity (Wildman–Crippen MR) is 55.7 cm³/mol. The van der Waals surface area contributed by atoms with Gasteiger partial charge in [0, 0.05) is 11.9 Å². The van der Waals surface area contributed by atoms with Crippen molar-refractivity contribution in [2.75, 3.05) is 11.9 Å². The summed E-state index contributed by atoms with van der Waals surface area (Å²) in [5, 5.41) is 1.12. The van der Waals surface area contributed by atoms with E-state index in [1.165, 1.54) is 19.3 Å². The van der Waals surface area contributed by atoms with E-state index in [9.17, 15) is 0 Å². The van der Waals surface area contributed by atoms with Crippen LogP contribution in [0.1, 0.15) is 33.1 Å². The Balaban J connectivity index is 2.26. The monoisotopic (exact) mass is 234 g/mol. The molecule has 1 aliphatic rings. The van der Waals surface area contributed by atoms with E-state index in [0.717, 1.165) is 23.8 Å². The largest absolute Gasteiger partial charge is 0.378 e. The van der Waals surface area contributed by atoms with Crippen LogP contribution >= 0.6 is 15.9 Å². The van der Waals surface area contributed by atoms with Crippen molar-refractivity contribution >= 4 is 15.9 Å². The summed E-state index contributed by atoms with van der Waals surface area (Å²) in [7, 11) is 0. The summed E-state index contributed by atoms with van der Waals surface area (Å²) < 4.78 is 5.61. The zero-order valence-electron chi connectivity index (χ0n) is 8.05. The minimum absolute atomic E-state index is 0.551. The highest BCUT2D eigenvalue weighted by Gasteiger charge is 2.21. The number of ether oxygens (including phenoxy) is 1. The minimum Gasteiger partial charge on any atom is -0.378 e. The lowest BCUT2D eigenvalue weighted by molar-refractivity contribution is 0.0862. The summed E-state index contributed by atoms with van der Waals surface area (Å²) in [6.45, 7) is 5.57. The lowest BCUT2D eigenvalue weighted by Gasteiger charge is -2.21. The average Bonchev–Trinajstić information content (AvgIpc) is 2.51. The summed E-state index contributed by atoms with van der Waals surface area (Å²) in [5.74, 6) is 1.56. The van der Waals surface area contributed by atoms with Crippen LogP contribution < -0.4 is 0 Å². The molecule has 0 aromatic rings. The molecule has 1 fully saturated rings. The van der Waals surface area contributed by atoms with Crippen molar-refractivity contribution in [3.63, 3.8) is 0 Å². The Bertz CT molecular complexity index is 119. The third-order valence-corrected chi connectivity index (χ3v) is 3.56. The van der Waals surface area contributed by atoms with E-state index < -0.39 is 0 Å². The maximum absolute atomic E-state index is 5.61. The van der Waals surface area contributed by atoms with Crippen LogP contribution in [0.15, 0.2) is 0 Å². The van der Waals surface area contributed by atoms with Gasteiger partial charge in [0.2, 0.25) is 0 Å². The summed E-state index contributed by atoms with van der Waals surface area (Å²) in [5.41, 5.74) is 0. The molecule has 0 aromatic carbocycles. The van der Waals surface area contributed by atoms with Crippen LogP contribution in [0.25, 0.3) is 0 Å². The van der Waals surface area contributed by atoms with Crippen LogP contribution in [-0.4, -0.2) is 18.0 Å². The highest BCUT2D eigenvalue weighted by atomic mass is 79.9. The molecular weight excluding hydrogens is 216 g/mol. The molecule has 0 spiro atoms. The second kappa shape index (κ2) is 5.23. The van der Waals surface area contributed by atoms with E-state index in [4.69, 9.17) is 4.74 Å². The van der Waals surface area contributed by atoms with Crippen molar-refractivity contribution in [2.45, 2.75) is 39.2 Å². The van der Waals surface area contributed by atoms with Gasteiger partial charge in [-0.25, -0.2) is 0 Å². The molecule has 0 bridgehead atoms. The van der Waals surface area contributed by atoms with Gasteiger partial charge in [0.1, 0.15) is 0 Å².